The highest BCUT2D eigenvalue weighted by Gasteiger charge is 2.49. The molecule has 0 amide bonds. The van der Waals surface area contributed by atoms with E-state index in [-0.39, 0.29) is 5.04 Å². The Balaban J connectivity index is 2.24. The molecule has 2 nitrogen and oxygen atoms in total. The summed E-state index contributed by atoms with van der Waals surface area (Å²) in [5, 5.41) is 2.67. The second-order valence-electron chi connectivity index (χ2n) is 7.83. The van der Waals surface area contributed by atoms with Crippen LogP contribution in [0.15, 0.2) is 60.7 Å². The van der Waals surface area contributed by atoms with E-state index in [0.29, 0.717) is 13.2 Å². The number of hydrogen-bond donors (Lipinski definition) is 0. The summed E-state index contributed by atoms with van der Waals surface area (Å²) >= 11 is 0. The van der Waals surface area contributed by atoms with Gasteiger partial charge in [-0.05, 0) is 21.8 Å². The lowest BCUT2D eigenvalue weighted by Crippen LogP contribution is -2.66. The molecule has 0 atom stereocenters. The van der Waals surface area contributed by atoms with Gasteiger partial charge in [0.05, 0.1) is 13.2 Å². The molecule has 2 rings (SSSR count). The largest absolute Gasteiger partial charge is 0.405 e. The van der Waals surface area contributed by atoms with Crippen molar-refractivity contribution in [3.05, 3.63) is 60.7 Å². The Hall–Kier alpha value is -1.42. The Morgan fingerprint density at radius 3 is 1.73 bits per heavy atom. The highest BCUT2D eigenvalue weighted by Crippen LogP contribution is 2.36. The smallest absolute Gasteiger partial charge is 0.261 e. The summed E-state index contributed by atoms with van der Waals surface area (Å²) in [6.45, 7) is 11.3. The molecule has 0 aliphatic carbocycles. The van der Waals surface area contributed by atoms with Gasteiger partial charge < -0.3 is 9.16 Å². The van der Waals surface area contributed by atoms with Gasteiger partial charge in [-0.2, -0.15) is 0 Å². The van der Waals surface area contributed by atoms with Crippen molar-refractivity contribution < 1.29 is 9.16 Å². The maximum Gasteiger partial charge on any atom is 0.261 e. The van der Waals surface area contributed by atoms with Crippen molar-refractivity contribution in [2.75, 3.05) is 19.8 Å². The van der Waals surface area contributed by atoms with Crippen LogP contribution in [0.4, 0.5) is 0 Å². The average molecular weight is 371 g/mol. The van der Waals surface area contributed by atoms with Crippen LogP contribution < -0.4 is 10.4 Å². The summed E-state index contributed by atoms with van der Waals surface area (Å²) in [4.78, 5) is 0. The number of unbranched alkanes of at least 4 members (excludes halogenated alkanes) is 2. The Bertz CT molecular complexity index is 580. The van der Waals surface area contributed by atoms with Crippen molar-refractivity contribution in [2.24, 2.45) is 0 Å². The van der Waals surface area contributed by atoms with Gasteiger partial charge in [0.1, 0.15) is 0 Å². The zero-order valence-corrected chi connectivity index (χ0v) is 17.8. The molecule has 0 N–H and O–H groups in total. The van der Waals surface area contributed by atoms with Crippen molar-refractivity contribution >= 4 is 18.7 Å². The number of hydrogen-bond acceptors (Lipinski definition) is 2. The fraction of sp³-hybridized carbons (Fsp3) is 0.478. The normalized spacial score (nSPS) is 12.3. The zero-order valence-electron chi connectivity index (χ0n) is 16.8. The number of rotatable bonds is 10. The summed E-state index contributed by atoms with van der Waals surface area (Å²) in [5.41, 5.74) is 0. The maximum atomic E-state index is 6.79. The number of ether oxygens (including phenoxy) is 1. The van der Waals surface area contributed by atoms with Crippen LogP contribution in [0.25, 0.3) is 0 Å². The quantitative estimate of drug-likeness (QED) is 0.443. The molecule has 0 saturated heterocycles. The minimum absolute atomic E-state index is 0.0257. The standard InChI is InChI=1S/C23H34O2Si/c1-5-6-13-18-24-19-20-25-26(23(2,3)4,21-14-9-7-10-15-21)22-16-11-8-12-17-22/h7-12,14-17H,5-6,13,18-20H2,1-4H3. The lowest BCUT2D eigenvalue weighted by molar-refractivity contribution is 0.0942. The lowest BCUT2D eigenvalue weighted by atomic mass is 10.2. The van der Waals surface area contributed by atoms with Crippen molar-refractivity contribution in [1.82, 2.24) is 0 Å². The lowest BCUT2D eigenvalue weighted by Gasteiger charge is -2.43. The summed E-state index contributed by atoms with van der Waals surface area (Å²) in [7, 11) is -2.40. The highest BCUT2D eigenvalue weighted by atomic mass is 28.4. The molecule has 2 aromatic carbocycles. The van der Waals surface area contributed by atoms with Crippen molar-refractivity contribution in [3.63, 3.8) is 0 Å². The van der Waals surface area contributed by atoms with Crippen LogP contribution in [-0.2, 0) is 9.16 Å². The highest BCUT2D eigenvalue weighted by molar-refractivity contribution is 6.99. The van der Waals surface area contributed by atoms with Gasteiger partial charge in [0, 0.05) is 6.61 Å². The molecule has 0 bridgehead atoms. The van der Waals surface area contributed by atoms with Gasteiger partial charge in [-0.15, -0.1) is 0 Å². The van der Waals surface area contributed by atoms with Gasteiger partial charge in [0.2, 0.25) is 0 Å². The Labute approximate surface area is 160 Å². The third-order valence-electron chi connectivity index (χ3n) is 4.86. The monoisotopic (exact) mass is 370 g/mol. The van der Waals surface area contributed by atoms with Gasteiger partial charge in [-0.1, -0.05) is 101 Å². The van der Waals surface area contributed by atoms with Crippen LogP contribution in [-0.4, -0.2) is 28.1 Å². The van der Waals surface area contributed by atoms with Crippen LogP contribution in [0, 0.1) is 0 Å². The van der Waals surface area contributed by atoms with Crippen LogP contribution in [0.2, 0.25) is 5.04 Å². The Morgan fingerprint density at radius 2 is 1.27 bits per heavy atom. The molecular formula is C23H34O2Si. The molecule has 0 aliphatic heterocycles. The van der Waals surface area contributed by atoms with Gasteiger partial charge in [0.25, 0.3) is 8.32 Å². The molecular weight excluding hydrogens is 336 g/mol. The summed E-state index contributed by atoms with van der Waals surface area (Å²) < 4.78 is 12.6. The predicted molar refractivity (Wildman–Crippen MR) is 114 cm³/mol. The average Bonchev–Trinajstić information content (AvgIpc) is 2.64. The Kier molecular flexibility index (Phi) is 8.07. The molecule has 142 valence electrons. The van der Waals surface area contributed by atoms with E-state index in [1.165, 1.54) is 23.2 Å². The van der Waals surface area contributed by atoms with Crippen LogP contribution in [0.5, 0.6) is 0 Å². The molecule has 26 heavy (non-hydrogen) atoms. The van der Waals surface area contributed by atoms with Gasteiger partial charge in [-0.3, -0.25) is 0 Å². The fourth-order valence-electron chi connectivity index (χ4n) is 3.57. The minimum Gasteiger partial charge on any atom is -0.405 e. The molecule has 0 aromatic heterocycles. The molecule has 0 unspecified atom stereocenters. The second-order valence-corrected chi connectivity index (χ2v) is 12.1. The maximum absolute atomic E-state index is 6.79. The minimum atomic E-state index is -2.40. The Morgan fingerprint density at radius 1 is 0.731 bits per heavy atom. The molecule has 0 heterocycles. The van der Waals surface area contributed by atoms with E-state index in [1.807, 2.05) is 0 Å². The van der Waals surface area contributed by atoms with Gasteiger partial charge in [0.15, 0.2) is 0 Å². The van der Waals surface area contributed by atoms with Crippen LogP contribution >= 0.6 is 0 Å². The zero-order chi connectivity index (χ0) is 18.9. The molecule has 3 heteroatoms. The van der Waals surface area contributed by atoms with E-state index in [4.69, 9.17) is 9.16 Å². The van der Waals surface area contributed by atoms with E-state index < -0.39 is 8.32 Å². The molecule has 0 fully saturated rings. The molecule has 0 radical (unpaired) electrons. The van der Waals surface area contributed by atoms with Crippen molar-refractivity contribution in [1.29, 1.82) is 0 Å². The SMILES string of the molecule is CCCCCOCCO[Si](c1ccccc1)(c1ccccc1)C(C)(C)C. The number of benzene rings is 2. The molecule has 0 saturated carbocycles. The summed E-state index contributed by atoms with van der Waals surface area (Å²) in [6.07, 6.45) is 3.59. The van der Waals surface area contributed by atoms with E-state index in [1.54, 1.807) is 0 Å². The predicted octanol–water partition coefficient (Wildman–Crippen LogP) is 4.77. The van der Waals surface area contributed by atoms with E-state index in [2.05, 4.69) is 88.4 Å². The third kappa shape index (κ3) is 5.06. The topological polar surface area (TPSA) is 18.5 Å². The van der Waals surface area contributed by atoms with E-state index in [0.717, 1.165) is 13.0 Å². The van der Waals surface area contributed by atoms with Gasteiger partial charge >= 0.3 is 0 Å². The van der Waals surface area contributed by atoms with Crippen LogP contribution in [0.1, 0.15) is 47.0 Å². The molecule has 2 aromatic rings. The van der Waals surface area contributed by atoms with E-state index >= 15 is 0 Å². The van der Waals surface area contributed by atoms with Crippen molar-refractivity contribution in [2.45, 2.75) is 52.0 Å². The van der Waals surface area contributed by atoms with Gasteiger partial charge in [-0.25, -0.2) is 0 Å². The third-order valence-corrected chi connectivity index (χ3v) is 9.90. The molecule has 0 spiro atoms. The van der Waals surface area contributed by atoms with Crippen molar-refractivity contribution in [3.8, 4) is 0 Å². The summed E-state index contributed by atoms with van der Waals surface area (Å²) in [6, 6.07) is 21.6. The summed E-state index contributed by atoms with van der Waals surface area (Å²) in [5.74, 6) is 0. The van der Waals surface area contributed by atoms with Crippen LogP contribution in [0.3, 0.4) is 0 Å². The first-order valence-corrected chi connectivity index (χ1v) is 11.8. The molecule has 0 aliphatic rings. The second kappa shape index (κ2) is 10.1. The van der Waals surface area contributed by atoms with E-state index in [9.17, 15) is 0 Å². The fourth-order valence-corrected chi connectivity index (χ4v) is 8.12. The first-order chi connectivity index (χ1) is 12.5. The first-order valence-electron chi connectivity index (χ1n) is 9.85. The first kappa shape index (κ1) is 20.9.